The number of hydrogen-bond acceptors (Lipinski definition) is 2. The molecule has 0 bridgehead atoms. The summed E-state index contributed by atoms with van der Waals surface area (Å²) in [6.45, 7) is 6.27. The van der Waals surface area contributed by atoms with Crippen LogP contribution in [0.1, 0.15) is 38.8 Å². The number of carbonyl (C=O) groups excluding carboxylic acids is 1. The molecule has 1 aromatic carbocycles. The minimum Gasteiger partial charge on any atom is -0.351 e. The molecular formula is C14H22N2O. The van der Waals surface area contributed by atoms with E-state index in [0.717, 1.165) is 12.0 Å². The van der Waals surface area contributed by atoms with Crippen molar-refractivity contribution in [2.24, 2.45) is 11.7 Å². The van der Waals surface area contributed by atoms with Crippen LogP contribution in [0.15, 0.2) is 30.3 Å². The fourth-order valence-electron chi connectivity index (χ4n) is 1.82. The zero-order chi connectivity index (χ0) is 12.8. The van der Waals surface area contributed by atoms with Crippen LogP contribution in [0.3, 0.4) is 0 Å². The van der Waals surface area contributed by atoms with Gasteiger partial charge in [0.25, 0.3) is 0 Å². The van der Waals surface area contributed by atoms with Crippen LogP contribution in [-0.4, -0.2) is 11.9 Å². The van der Waals surface area contributed by atoms with E-state index in [0.29, 0.717) is 5.92 Å². The Morgan fingerprint density at radius 2 is 1.88 bits per heavy atom. The molecule has 0 aliphatic rings. The molecule has 0 aliphatic heterocycles. The van der Waals surface area contributed by atoms with Gasteiger partial charge in [0.05, 0.1) is 0 Å². The third kappa shape index (κ3) is 3.86. The summed E-state index contributed by atoms with van der Waals surface area (Å²) in [4.78, 5) is 12.0. The van der Waals surface area contributed by atoms with Gasteiger partial charge in [-0.1, -0.05) is 51.1 Å². The molecule has 17 heavy (non-hydrogen) atoms. The van der Waals surface area contributed by atoms with E-state index in [4.69, 9.17) is 5.73 Å². The summed E-state index contributed by atoms with van der Waals surface area (Å²) in [6, 6.07) is 9.06. The lowest BCUT2D eigenvalue weighted by atomic mass is 10.0. The molecule has 0 radical (unpaired) electrons. The first-order valence-corrected chi connectivity index (χ1v) is 6.17. The predicted molar refractivity (Wildman–Crippen MR) is 70.4 cm³/mol. The van der Waals surface area contributed by atoms with Crippen molar-refractivity contribution in [3.05, 3.63) is 35.9 Å². The lowest BCUT2D eigenvalue weighted by molar-refractivity contribution is -0.123. The number of carbonyl (C=O) groups is 1. The Balaban J connectivity index is 2.64. The van der Waals surface area contributed by atoms with Crippen LogP contribution in [0.5, 0.6) is 0 Å². The van der Waals surface area contributed by atoms with Crippen LogP contribution in [0.25, 0.3) is 0 Å². The average Bonchev–Trinajstić information content (AvgIpc) is 2.35. The van der Waals surface area contributed by atoms with Gasteiger partial charge >= 0.3 is 0 Å². The fourth-order valence-corrected chi connectivity index (χ4v) is 1.82. The molecule has 2 atom stereocenters. The van der Waals surface area contributed by atoms with E-state index >= 15 is 0 Å². The highest BCUT2D eigenvalue weighted by atomic mass is 16.2. The van der Waals surface area contributed by atoms with Gasteiger partial charge in [0.15, 0.2) is 0 Å². The molecule has 1 amide bonds. The number of nitrogens with one attached hydrogen (secondary N) is 1. The third-order valence-electron chi connectivity index (χ3n) is 3.01. The van der Waals surface area contributed by atoms with Crippen LogP contribution in [0, 0.1) is 5.92 Å². The van der Waals surface area contributed by atoms with Gasteiger partial charge in [-0.2, -0.15) is 0 Å². The Labute approximate surface area is 103 Å². The fraction of sp³-hybridized carbons (Fsp3) is 0.500. The van der Waals surface area contributed by atoms with Gasteiger partial charge in [-0.15, -0.1) is 0 Å². The highest BCUT2D eigenvalue weighted by molar-refractivity contribution is 5.83. The average molecular weight is 234 g/mol. The lowest BCUT2D eigenvalue weighted by Crippen LogP contribution is -2.42. The molecule has 0 fully saturated rings. The van der Waals surface area contributed by atoms with Gasteiger partial charge in [0, 0.05) is 6.04 Å². The Kier molecular flexibility index (Phi) is 5.16. The van der Waals surface area contributed by atoms with Crippen LogP contribution in [-0.2, 0) is 4.79 Å². The van der Waals surface area contributed by atoms with Gasteiger partial charge < -0.3 is 11.1 Å². The molecule has 0 aromatic heterocycles. The number of rotatable bonds is 5. The molecule has 0 spiro atoms. The molecule has 0 saturated heterocycles. The Bertz CT molecular complexity index is 348. The molecule has 3 heteroatoms. The topological polar surface area (TPSA) is 55.1 Å². The summed E-state index contributed by atoms with van der Waals surface area (Å²) in [6.07, 6.45) is 0.922. The molecule has 1 rings (SSSR count). The number of nitrogens with two attached hydrogens (primary N) is 1. The molecule has 0 aliphatic carbocycles. The highest BCUT2D eigenvalue weighted by Crippen LogP contribution is 2.12. The van der Waals surface area contributed by atoms with E-state index in [1.165, 1.54) is 0 Å². The number of hydrogen-bond donors (Lipinski definition) is 2. The summed E-state index contributed by atoms with van der Waals surface area (Å²) in [7, 11) is 0. The maximum Gasteiger partial charge on any atom is 0.241 e. The first-order chi connectivity index (χ1) is 8.06. The van der Waals surface area contributed by atoms with Crippen LogP contribution < -0.4 is 11.1 Å². The van der Waals surface area contributed by atoms with Gasteiger partial charge in [-0.05, 0) is 17.9 Å². The third-order valence-corrected chi connectivity index (χ3v) is 3.01. The molecule has 94 valence electrons. The molecule has 0 saturated carbocycles. The maximum absolute atomic E-state index is 12.0. The van der Waals surface area contributed by atoms with Crippen LogP contribution in [0.4, 0.5) is 0 Å². The Morgan fingerprint density at radius 3 is 2.35 bits per heavy atom. The van der Waals surface area contributed by atoms with Crippen molar-refractivity contribution >= 4 is 5.91 Å². The van der Waals surface area contributed by atoms with E-state index in [9.17, 15) is 4.79 Å². The van der Waals surface area contributed by atoms with Crippen molar-refractivity contribution in [1.29, 1.82) is 0 Å². The van der Waals surface area contributed by atoms with Crippen LogP contribution in [0.2, 0.25) is 0 Å². The SMILES string of the molecule is CCC(NC(=O)[C@H](N)c1ccccc1)C(C)C. The second-order valence-corrected chi connectivity index (χ2v) is 4.66. The standard InChI is InChI=1S/C14H22N2O/c1-4-12(10(2)3)16-14(17)13(15)11-8-6-5-7-9-11/h5-10,12-13H,4,15H2,1-3H3,(H,16,17)/t12?,13-/m1/s1. The van der Waals surface area contributed by atoms with Gasteiger partial charge in [0.1, 0.15) is 6.04 Å². The summed E-state index contributed by atoms with van der Waals surface area (Å²) in [5.74, 6) is 0.323. The maximum atomic E-state index is 12.0. The van der Waals surface area contributed by atoms with Crippen molar-refractivity contribution in [2.45, 2.75) is 39.3 Å². The molecule has 0 heterocycles. The normalized spacial score (nSPS) is 14.4. The first kappa shape index (κ1) is 13.7. The van der Waals surface area contributed by atoms with Gasteiger partial charge in [-0.25, -0.2) is 0 Å². The molecule has 1 unspecified atom stereocenters. The highest BCUT2D eigenvalue weighted by Gasteiger charge is 2.20. The number of amides is 1. The molecule has 3 nitrogen and oxygen atoms in total. The molecule has 1 aromatic rings. The minimum atomic E-state index is -0.580. The van der Waals surface area contributed by atoms with Gasteiger partial charge in [0.2, 0.25) is 5.91 Å². The van der Waals surface area contributed by atoms with E-state index in [1.807, 2.05) is 30.3 Å². The van der Waals surface area contributed by atoms with Crippen molar-refractivity contribution < 1.29 is 4.79 Å². The summed E-state index contributed by atoms with van der Waals surface area (Å²) in [5.41, 5.74) is 6.78. The Morgan fingerprint density at radius 1 is 1.29 bits per heavy atom. The summed E-state index contributed by atoms with van der Waals surface area (Å²) >= 11 is 0. The zero-order valence-corrected chi connectivity index (χ0v) is 10.8. The van der Waals surface area contributed by atoms with Crippen molar-refractivity contribution in [1.82, 2.24) is 5.32 Å². The molecule has 3 N–H and O–H groups in total. The second-order valence-electron chi connectivity index (χ2n) is 4.66. The van der Waals surface area contributed by atoms with Crippen molar-refractivity contribution in [3.8, 4) is 0 Å². The monoisotopic (exact) mass is 234 g/mol. The molecular weight excluding hydrogens is 212 g/mol. The summed E-state index contributed by atoms with van der Waals surface area (Å²) in [5, 5.41) is 3.00. The largest absolute Gasteiger partial charge is 0.351 e. The second kappa shape index (κ2) is 6.40. The summed E-state index contributed by atoms with van der Waals surface area (Å²) < 4.78 is 0. The zero-order valence-electron chi connectivity index (χ0n) is 10.8. The van der Waals surface area contributed by atoms with E-state index < -0.39 is 6.04 Å². The van der Waals surface area contributed by atoms with Gasteiger partial charge in [-0.3, -0.25) is 4.79 Å². The van der Waals surface area contributed by atoms with Crippen LogP contribution >= 0.6 is 0 Å². The smallest absolute Gasteiger partial charge is 0.241 e. The number of benzene rings is 1. The lowest BCUT2D eigenvalue weighted by Gasteiger charge is -2.23. The van der Waals surface area contributed by atoms with E-state index in [-0.39, 0.29) is 11.9 Å². The van der Waals surface area contributed by atoms with Crippen molar-refractivity contribution in [3.63, 3.8) is 0 Å². The Hall–Kier alpha value is -1.35. The first-order valence-electron chi connectivity index (χ1n) is 6.17. The quantitative estimate of drug-likeness (QED) is 0.821. The predicted octanol–water partition coefficient (Wildman–Crippen LogP) is 2.24. The van der Waals surface area contributed by atoms with E-state index in [2.05, 4.69) is 26.1 Å². The van der Waals surface area contributed by atoms with Crippen molar-refractivity contribution in [2.75, 3.05) is 0 Å². The van der Waals surface area contributed by atoms with E-state index in [1.54, 1.807) is 0 Å². The minimum absolute atomic E-state index is 0.100.